The van der Waals surface area contributed by atoms with E-state index in [9.17, 15) is 8.42 Å². The maximum absolute atomic E-state index is 11.5. The van der Waals surface area contributed by atoms with Gasteiger partial charge in [-0.3, -0.25) is 0 Å². The number of alkyl halides is 1. The zero-order valence-electron chi connectivity index (χ0n) is 7.45. The predicted molar refractivity (Wildman–Crippen MR) is 55.2 cm³/mol. The fourth-order valence-corrected chi connectivity index (χ4v) is 4.64. The van der Waals surface area contributed by atoms with Crippen LogP contribution in [-0.4, -0.2) is 29.5 Å². The smallest absolute Gasteiger partial charge is 0.211 e. The van der Waals surface area contributed by atoms with Crippen molar-refractivity contribution in [2.24, 2.45) is 0 Å². The van der Waals surface area contributed by atoms with Crippen molar-refractivity contribution >= 4 is 26.0 Å². The van der Waals surface area contributed by atoms with Crippen molar-refractivity contribution in [3.05, 3.63) is 0 Å². The third-order valence-electron chi connectivity index (χ3n) is 2.96. The van der Waals surface area contributed by atoms with Crippen LogP contribution in [0.5, 0.6) is 0 Å². The van der Waals surface area contributed by atoms with Gasteiger partial charge in [-0.2, -0.15) is 4.31 Å². The number of sulfonamides is 1. The van der Waals surface area contributed by atoms with E-state index in [0.717, 1.165) is 12.8 Å². The number of rotatable bonds is 1. The standard InChI is InChI=1S/C8H14BrNO2S/c9-8-6-10(13(8,11)12)7-4-2-1-3-5-7/h7-8H,1-6H2. The highest BCUT2D eigenvalue weighted by atomic mass is 79.9. The van der Waals surface area contributed by atoms with Gasteiger partial charge in [-0.1, -0.05) is 35.2 Å². The van der Waals surface area contributed by atoms with Crippen molar-refractivity contribution in [2.45, 2.75) is 42.3 Å². The highest BCUT2D eigenvalue weighted by Gasteiger charge is 2.46. The predicted octanol–water partition coefficient (Wildman–Crippen LogP) is 1.69. The summed E-state index contributed by atoms with van der Waals surface area (Å²) in [4.78, 5) is 0. The van der Waals surface area contributed by atoms with Crippen molar-refractivity contribution in [1.29, 1.82) is 0 Å². The SMILES string of the molecule is O=S1(=O)C(Br)CN1C1CCCCC1. The van der Waals surface area contributed by atoms with Crippen LogP contribution in [0.15, 0.2) is 0 Å². The first-order valence-corrected chi connectivity index (χ1v) is 7.19. The Labute approximate surface area is 87.7 Å². The monoisotopic (exact) mass is 267 g/mol. The fraction of sp³-hybridized carbons (Fsp3) is 1.00. The molecule has 1 heterocycles. The molecule has 2 rings (SSSR count). The Morgan fingerprint density at radius 2 is 1.77 bits per heavy atom. The summed E-state index contributed by atoms with van der Waals surface area (Å²) in [6, 6.07) is 0.299. The molecule has 0 aromatic rings. The van der Waals surface area contributed by atoms with Crippen molar-refractivity contribution in [2.75, 3.05) is 6.54 Å². The Kier molecular flexibility index (Phi) is 2.68. The van der Waals surface area contributed by atoms with Crippen molar-refractivity contribution in [3.63, 3.8) is 0 Å². The molecule has 13 heavy (non-hydrogen) atoms. The summed E-state index contributed by atoms with van der Waals surface area (Å²) < 4.78 is 24.4. The normalized spacial score (nSPS) is 35.6. The van der Waals surface area contributed by atoms with Crippen LogP contribution < -0.4 is 0 Å². The molecule has 2 fully saturated rings. The maximum Gasteiger partial charge on any atom is 0.228 e. The molecule has 2 aliphatic rings. The minimum atomic E-state index is -2.95. The third-order valence-corrected chi connectivity index (χ3v) is 6.56. The van der Waals surface area contributed by atoms with E-state index in [1.807, 2.05) is 0 Å². The average molecular weight is 268 g/mol. The summed E-state index contributed by atoms with van der Waals surface area (Å²) in [5.41, 5.74) is 0. The second kappa shape index (κ2) is 3.51. The minimum absolute atomic E-state index is 0.299. The third kappa shape index (κ3) is 1.66. The van der Waals surface area contributed by atoms with Crippen LogP contribution in [0.4, 0.5) is 0 Å². The van der Waals surface area contributed by atoms with E-state index in [1.165, 1.54) is 19.3 Å². The largest absolute Gasteiger partial charge is 0.228 e. The molecule has 0 aromatic heterocycles. The number of halogens is 1. The Hall–Kier alpha value is 0.390. The van der Waals surface area contributed by atoms with Gasteiger partial charge in [0, 0.05) is 12.6 Å². The van der Waals surface area contributed by atoms with Crippen LogP contribution in [-0.2, 0) is 10.0 Å². The molecular weight excluding hydrogens is 254 g/mol. The van der Waals surface area contributed by atoms with E-state index >= 15 is 0 Å². The highest BCUT2D eigenvalue weighted by molar-refractivity contribution is 9.11. The Bertz CT molecular complexity index is 285. The lowest BCUT2D eigenvalue weighted by molar-refractivity contribution is 0.235. The van der Waals surface area contributed by atoms with E-state index in [2.05, 4.69) is 15.9 Å². The molecule has 0 amide bonds. The molecular formula is C8H14BrNO2S. The Morgan fingerprint density at radius 3 is 2.23 bits per heavy atom. The topological polar surface area (TPSA) is 37.4 Å². The quantitative estimate of drug-likeness (QED) is 0.679. The second-order valence-corrected chi connectivity index (χ2v) is 7.60. The molecule has 1 aliphatic heterocycles. The number of hydrogen-bond acceptors (Lipinski definition) is 2. The van der Waals surface area contributed by atoms with E-state index in [1.54, 1.807) is 4.31 Å². The number of hydrogen-bond donors (Lipinski definition) is 0. The van der Waals surface area contributed by atoms with Crippen LogP contribution in [0, 0.1) is 0 Å². The summed E-state index contributed by atoms with van der Waals surface area (Å²) in [6.07, 6.45) is 5.74. The molecule has 1 aliphatic carbocycles. The lowest BCUT2D eigenvalue weighted by Crippen LogP contribution is -2.57. The van der Waals surface area contributed by atoms with E-state index in [0.29, 0.717) is 12.6 Å². The summed E-state index contributed by atoms with van der Waals surface area (Å²) >= 11 is 3.16. The van der Waals surface area contributed by atoms with Crippen LogP contribution >= 0.6 is 15.9 Å². The molecule has 1 atom stereocenters. The first-order valence-electron chi connectivity index (χ1n) is 4.77. The summed E-state index contributed by atoms with van der Waals surface area (Å²) in [5, 5.41) is 0. The fourth-order valence-electron chi connectivity index (χ4n) is 2.13. The summed E-state index contributed by atoms with van der Waals surface area (Å²) in [6.45, 7) is 0.674. The van der Waals surface area contributed by atoms with Gasteiger partial charge in [-0.05, 0) is 12.8 Å². The first kappa shape index (κ1) is 9.93. The molecule has 1 unspecified atom stereocenters. The van der Waals surface area contributed by atoms with Gasteiger partial charge < -0.3 is 0 Å². The van der Waals surface area contributed by atoms with Gasteiger partial charge in [0.15, 0.2) is 0 Å². The van der Waals surface area contributed by atoms with Gasteiger partial charge in [-0.15, -0.1) is 0 Å². The summed E-state index contributed by atoms with van der Waals surface area (Å²) in [7, 11) is -2.95. The summed E-state index contributed by atoms with van der Waals surface area (Å²) in [5.74, 6) is 0. The van der Waals surface area contributed by atoms with Gasteiger partial charge in [0.2, 0.25) is 10.0 Å². The van der Waals surface area contributed by atoms with Gasteiger partial charge in [0.05, 0.1) is 0 Å². The molecule has 0 radical (unpaired) electrons. The van der Waals surface area contributed by atoms with E-state index in [4.69, 9.17) is 0 Å². The van der Waals surface area contributed by atoms with Crippen molar-refractivity contribution in [1.82, 2.24) is 4.31 Å². The molecule has 5 heteroatoms. The van der Waals surface area contributed by atoms with Crippen LogP contribution in [0.25, 0.3) is 0 Å². The zero-order valence-corrected chi connectivity index (χ0v) is 9.85. The first-order chi connectivity index (χ1) is 6.12. The van der Waals surface area contributed by atoms with Gasteiger partial charge in [0.25, 0.3) is 0 Å². The lowest BCUT2D eigenvalue weighted by atomic mass is 9.95. The van der Waals surface area contributed by atoms with E-state index < -0.39 is 10.0 Å². The number of nitrogens with zero attached hydrogens (tertiary/aromatic N) is 1. The second-order valence-electron chi connectivity index (χ2n) is 3.82. The Morgan fingerprint density at radius 1 is 1.15 bits per heavy atom. The maximum atomic E-state index is 11.5. The average Bonchev–Trinajstić information content (AvgIpc) is 2.15. The van der Waals surface area contributed by atoms with Crippen LogP contribution in [0.1, 0.15) is 32.1 Å². The molecule has 1 saturated carbocycles. The molecule has 0 spiro atoms. The highest BCUT2D eigenvalue weighted by Crippen LogP contribution is 2.34. The molecule has 0 N–H and O–H groups in total. The molecule has 76 valence electrons. The van der Waals surface area contributed by atoms with Crippen molar-refractivity contribution < 1.29 is 8.42 Å². The van der Waals surface area contributed by atoms with Crippen molar-refractivity contribution in [3.8, 4) is 0 Å². The van der Waals surface area contributed by atoms with Gasteiger partial charge in [-0.25, -0.2) is 8.42 Å². The zero-order chi connectivity index (χ0) is 9.47. The van der Waals surface area contributed by atoms with Crippen LogP contribution in [0.3, 0.4) is 0 Å². The molecule has 1 saturated heterocycles. The lowest BCUT2D eigenvalue weighted by Gasteiger charge is -2.42. The van der Waals surface area contributed by atoms with Gasteiger partial charge >= 0.3 is 0 Å². The minimum Gasteiger partial charge on any atom is -0.211 e. The molecule has 0 bridgehead atoms. The van der Waals surface area contributed by atoms with Gasteiger partial charge in [0.1, 0.15) is 4.16 Å². The molecule has 3 nitrogen and oxygen atoms in total. The Balaban J connectivity index is 2.02. The van der Waals surface area contributed by atoms with E-state index in [-0.39, 0.29) is 4.16 Å². The molecule has 0 aromatic carbocycles. The van der Waals surface area contributed by atoms with Crippen LogP contribution in [0.2, 0.25) is 0 Å².